The number of aliphatic carboxylic acids is 1. The van der Waals surface area contributed by atoms with Gasteiger partial charge in [-0.2, -0.15) is 0 Å². The molecule has 5 heteroatoms. The molecule has 0 radical (unpaired) electrons. The van der Waals surface area contributed by atoms with E-state index < -0.39 is 12.1 Å². The Morgan fingerprint density at radius 2 is 2.12 bits per heavy atom. The maximum absolute atomic E-state index is 10.8. The van der Waals surface area contributed by atoms with Gasteiger partial charge in [0, 0.05) is 12.6 Å². The molecule has 2 aliphatic heterocycles. The first-order valence-corrected chi connectivity index (χ1v) is 6.44. The molecule has 2 fully saturated rings. The molecule has 3 atom stereocenters. The summed E-state index contributed by atoms with van der Waals surface area (Å²) >= 11 is 0. The Morgan fingerprint density at radius 1 is 1.29 bits per heavy atom. The second-order valence-electron chi connectivity index (χ2n) is 4.99. The molecule has 0 saturated carbocycles. The molecule has 2 heterocycles. The first-order chi connectivity index (χ1) is 8.20. The van der Waals surface area contributed by atoms with Crippen molar-refractivity contribution >= 4 is 5.97 Å². The molecule has 0 aliphatic carbocycles. The summed E-state index contributed by atoms with van der Waals surface area (Å²) < 4.78 is 5.50. The van der Waals surface area contributed by atoms with E-state index in [4.69, 9.17) is 9.84 Å². The largest absolute Gasteiger partial charge is 0.479 e. The third-order valence-electron chi connectivity index (χ3n) is 3.78. The Kier molecular flexibility index (Phi) is 4.36. The van der Waals surface area contributed by atoms with Gasteiger partial charge >= 0.3 is 5.97 Å². The Morgan fingerprint density at radius 3 is 2.76 bits per heavy atom. The molecule has 0 spiro atoms. The van der Waals surface area contributed by atoms with Crippen LogP contribution in [0, 0.1) is 0 Å². The predicted molar refractivity (Wildman–Crippen MR) is 61.8 cm³/mol. The van der Waals surface area contributed by atoms with Crippen molar-refractivity contribution in [1.82, 2.24) is 4.90 Å². The second kappa shape index (κ2) is 5.80. The minimum atomic E-state index is -0.857. The second-order valence-corrected chi connectivity index (χ2v) is 4.99. The van der Waals surface area contributed by atoms with E-state index in [0.29, 0.717) is 6.42 Å². The van der Waals surface area contributed by atoms with Crippen molar-refractivity contribution in [3.05, 3.63) is 0 Å². The number of carboxylic acid groups (broad SMARTS) is 1. The lowest BCUT2D eigenvalue weighted by Crippen LogP contribution is -2.45. The van der Waals surface area contributed by atoms with Crippen LogP contribution in [0.2, 0.25) is 0 Å². The smallest absolute Gasteiger partial charge is 0.332 e. The van der Waals surface area contributed by atoms with Gasteiger partial charge in [0.2, 0.25) is 0 Å². The van der Waals surface area contributed by atoms with Crippen LogP contribution in [-0.4, -0.2) is 59.0 Å². The Hall–Kier alpha value is -0.650. The number of aliphatic hydroxyl groups excluding tert-OH is 1. The molecule has 0 bridgehead atoms. The van der Waals surface area contributed by atoms with Gasteiger partial charge in [-0.3, -0.25) is 4.90 Å². The summed E-state index contributed by atoms with van der Waals surface area (Å²) in [6.07, 6.45) is 4.17. The van der Waals surface area contributed by atoms with Gasteiger partial charge in [-0.05, 0) is 32.2 Å². The lowest BCUT2D eigenvalue weighted by atomic mass is 10.0. The third-order valence-corrected chi connectivity index (χ3v) is 3.78. The van der Waals surface area contributed by atoms with Gasteiger partial charge in [0.1, 0.15) is 0 Å². The van der Waals surface area contributed by atoms with Crippen molar-refractivity contribution < 1.29 is 19.7 Å². The molecule has 0 aromatic carbocycles. The van der Waals surface area contributed by atoms with E-state index in [9.17, 15) is 9.90 Å². The topological polar surface area (TPSA) is 70.0 Å². The highest BCUT2D eigenvalue weighted by Gasteiger charge is 2.33. The van der Waals surface area contributed by atoms with Crippen molar-refractivity contribution in [2.45, 2.75) is 50.4 Å². The van der Waals surface area contributed by atoms with Gasteiger partial charge in [-0.15, -0.1) is 0 Å². The van der Waals surface area contributed by atoms with Crippen LogP contribution in [0.4, 0.5) is 0 Å². The van der Waals surface area contributed by atoms with Gasteiger partial charge in [-0.25, -0.2) is 4.79 Å². The van der Waals surface area contributed by atoms with E-state index in [1.807, 2.05) is 0 Å². The number of hydrogen-bond donors (Lipinski definition) is 2. The molecule has 2 rings (SSSR count). The minimum absolute atomic E-state index is 0.0169. The van der Waals surface area contributed by atoms with Gasteiger partial charge < -0.3 is 14.9 Å². The molecule has 0 amide bonds. The summed E-state index contributed by atoms with van der Waals surface area (Å²) in [6, 6.07) is 0.233. The van der Waals surface area contributed by atoms with Crippen molar-refractivity contribution in [3.63, 3.8) is 0 Å². The molecule has 17 heavy (non-hydrogen) atoms. The average Bonchev–Trinajstić information content (AvgIpc) is 2.78. The van der Waals surface area contributed by atoms with Crippen molar-refractivity contribution in [1.29, 1.82) is 0 Å². The van der Waals surface area contributed by atoms with E-state index in [1.165, 1.54) is 6.42 Å². The fraction of sp³-hybridized carbons (Fsp3) is 0.917. The fourth-order valence-electron chi connectivity index (χ4n) is 2.79. The standard InChI is InChI=1S/C12H21NO4/c14-8-9-3-1-2-6-13(9)7-10-4-5-11(17-10)12(15)16/h9-11,14H,1-8H2,(H,15,16). The maximum Gasteiger partial charge on any atom is 0.332 e. The zero-order valence-corrected chi connectivity index (χ0v) is 10.0. The SMILES string of the molecule is O=C(O)C1CCC(CN2CCCCC2CO)O1. The first kappa shape index (κ1) is 12.8. The van der Waals surface area contributed by atoms with E-state index in [0.717, 1.165) is 32.4 Å². The first-order valence-electron chi connectivity index (χ1n) is 6.44. The molecular weight excluding hydrogens is 222 g/mol. The predicted octanol–water partition coefficient (Wildman–Crippen LogP) is 0.465. The number of likely N-dealkylation sites (tertiary alicyclic amines) is 1. The average molecular weight is 243 g/mol. The third kappa shape index (κ3) is 3.18. The highest BCUT2D eigenvalue weighted by Crippen LogP contribution is 2.24. The Bertz CT molecular complexity index is 271. The van der Waals surface area contributed by atoms with Crippen LogP contribution in [0.25, 0.3) is 0 Å². The van der Waals surface area contributed by atoms with Crippen molar-refractivity contribution in [2.75, 3.05) is 19.7 Å². The van der Waals surface area contributed by atoms with Crippen LogP contribution >= 0.6 is 0 Å². The number of piperidine rings is 1. The Labute approximate surface area is 101 Å². The molecule has 0 aromatic heterocycles. The van der Waals surface area contributed by atoms with Gasteiger partial charge in [-0.1, -0.05) is 6.42 Å². The van der Waals surface area contributed by atoms with E-state index in [1.54, 1.807) is 0 Å². The van der Waals surface area contributed by atoms with Gasteiger partial charge in [0.05, 0.1) is 12.7 Å². The van der Waals surface area contributed by atoms with Crippen LogP contribution in [-0.2, 0) is 9.53 Å². The highest BCUT2D eigenvalue weighted by molar-refractivity contribution is 5.72. The number of rotatable bonds is 4. The number of hydrogen-bond acceptors (Lipinski definition) is 4. The molecule has 2 saturated heterocycles. The Balaban J connectivity index is 1.82. The van der Waals surface area contributed by atoms with Gasteiger partial charge in [0.15, 0.2) is 6.10 Å². The number of aliphatic hydroxyl groups is 1. The van der Waals surface area contributed by atoms with Crippen LogP contribution in [0.15, 0.2) is 0 Å². The number of nitrogens with zero attached hydrogens (tertiary/aromatic N) is 1. The molecule has 98 valence electrons. The summed E-state index contributed by atoms with van der Waals surface area (Å²) in [7, 11) is 0. The quantitative estimate of drug-likeness (QED) is 0.751. The van der Waals surface area contributed by atoms with Crippen LogP contribution < -0.4 is 0 Å². The summed E-state index contributed by atoms with van der Waals surface area (Å²) in [5, 5.41) is 18.2. The van der Waals surface area contributed by atoms with E-state index in [2.05, 4.69) is 4.90 Å². The minimum Gasteiger partial charge on any atom is -0.479 e. The summed E-state index contributed by atoms with van der Waals surface area (Å²) in [5.74, 6) is -0.857. The normalized spacial score (nSPS) is 35.0. The van der Waals surface area contributed by atoms with Crippen molar-refractivity contribution in [2.24, 2.45) is 0 Å². The lowest BCUT2D eigenvalue weighted by Gasteiger charge is -2.35. The summed E-state index contributed by atoms with van der Waals surface area (Å²) in [4.78, 5) is 13.0. The number of carbonyl (C=O) groups is 1. The van der Waals surface area contributed by atoms with Crippen LogP contribution in [0.1, 0.15) is 32.1 Å². The number of ether oxygens (including phenoxy) is 1. The molecule has 3 unspecified atom stereocenters. The van der Waals surface area contributed by atoms with E-state index in [-0.39, 0.29) is 18.8 Å². The fourth-order valence-corrected chi connectivity index (χ4v) is 2.79. The van der Waals surface area contributed by atoms with Crippen molar-refractivity contribution in [3.8, 4) is 0 Å². The van der Waals surface area contributed by atoms with Gasteiger partial charge in [0.25, 0.3) is 0 Å². The monoisotopic (exact) mass is 243 g/mol. The lowest BCUT2D eigenvalue weighted by molar-refractivity contribution is -0.150. The maximum atomic E-state index is 10.8. The zero-order chi connectivity index (χ0) is 12.3. The molecular formula is C12H21NO4. The molecule has 2 N–H and O–H groups in total. The summed E-state index contributed by atoms with van der Waals surface area (Å²) in [6.45, 7) is 1.94. The molecule has 5 nitrogen and oxygen atoms in total. The van der Waals surface area contributed by atoms with Crippen LogP contribution in [0.3, 0.4) is 0 Å². The highest BCUT2D eigenvalue weighted by atomic mass is 16.5. The van der Waals surface area contributed by atoms with E-state index >= 15 is 0 Å². The molecule has 2 aliphatic rings. The number of carboxylic acids is 1. The molecule has 0 aromatic rings. The summed E-state index contributed by atoms with van der Waals surface area (Å²) in [5.41, 5.74) is 0. The zero-order valence-electron chi connectivity index (χ0n) is 10.0. The van der Waals surface area contributed by atoms with Crippen LogP contribution in [0.5, 0.6) is 0 Å².